The van der Waals surface area contributed by atoms with Gasteiger partial charge in [-0.2, -0.15) is 0 Å². The van der Waals surface area contributed by atoms with Gasteiger partial charge >= 0.3 is 0 Å². The standard InChI is InChI=1S/C19H26N2O4/c22-15-4-3-5-16(23)18(15)19(25)21-10-12-8-14(20-6-1-2-7-20)17(24)9-13(12)11-21/h3-5,12-14,17,22-24H,1-2,6-11H2/t12-,13+,14-,17-/m1/s1. The Morgan fingerprint density at radius 1 is 1.00 bits per heavy atom. The molecule has 3 fully saturated rings. The number of carbonyl (C=O) groups is 1. The van der Waals surface area contributed by atoms with Crippen molar-refractivity contribution in [1.29, 1.82) is 0 Å². The quantitative estimate of drug-likeness (QED) is 0.754. The number of carbonyl (C=O) groups excluding carboxylic acids is 1. The van der Waals surface area contributed by atoms with Gasteiger partial charge in [0.2, 0.25) is 0 Å². The van der Waals surface area contributed by atoms with E-state index < -0.39 is 0 Å². The van der Waals surface area contributed by atoms with E-state index >= 15 is 0 Å². The first kappa shape index (κ1) is 16.7. The van der Waals surface area contributed by atoms with Crippen molar-refractivity contribution >= 4 is 5.91 Å². The van der Waals surface area contributed by atoms with Crippen LogP contribution in [0.15, 0.2) is 18.2 Å². The minimum absolute atomic E-state index is 0.0159. The van der Waals surface area contributed by atoms with Crippen molar-refractivity contribution < 1.29 is 20.1 Å². The Labute approximate surface area is 147 Å². The minimum atomic E-state index is -0.326. The second-order valence-electron chi connectivity index (χ2n) is 7.75. The topological polar surface area (TPSA) is 84.2 Å². The van der Waals surface area contributed by atoms with Crippen molar-refractivity contribution in [2.24, 2.45) is 11.8 Å². The number of likely N-dealkylation sites (tertiary alicyclic amines) is 2. The number of fused-ring (bicyclic) bond motifs is 1. The van der Waals surface area contributed by atoms with Crippen LogP contribution >= 0.6 is 0 Å². The van der Waals surface area contributed by atoms with Crippen LogP contribution in [-0.2, 0) is 0 Å². The number of aliphatic hydroxyl groups excluding tert-OH is 1. The maximum atomic E-state index is 12.8. The first-order valence-electron chi connectivity index (χ1n) is 9.27. The van der Waals surface area contributed by atoms with Gasteiger partial charge in [0.15, 0.2) is 0 Å². The van der Waals surface area contributed by atoms with Gasteiger partial charge in [-0.3, -0.25) is 9.69 Å². The Morgan fingerprint density at radius 3 is 2.24 bits per heavy atom. The molecule has 0 spiro atoms. The molecule has 0 unspecified atom stereocenters. The lowest BCUT2D eigenvalue weighted by Gasteiger charge is -2.40. The average Bonchev–Trinajstić information content (AvgIpc) is 3.22. The van der Waals surface area contributed by atoms with Crippen molar-refractivity contribution in [1.82, 2.24) is 9.80 Å². The summed E-state index contributed by atoms with van der Waals surface area (Å²) in [7, 11) is 0. The molecule has 1 aromatic rings. The van der Waals surface area contributed by atoms with Gasteiger partial charge in [-0.25, -0.2) is 0 Å². The molecular formula is C19H26N2O4. The number of amides is 1. The van der Waals surface area contributed by atoms with Crippen LogP contribution in [0.1, 0.15) is 36.0 Å². The molecule has 6 nitrogen and oxygen atoms in total. The zero-order chi connectivity index (χ0) is 17.6. The lowest BCUT2D eigenvalue weighted by Crippen LogP contribution is -2.48. The highest BCUT2D eigenvalue weighted by atomic mass is 16.3. The molecule has 3 N–H and O–H groups in total. The molecule has 136 valence electrons. The van der Waals surface area contributed by atoms with Gasteiger partial charge in [0.25, 0.3) is 5.91 Å². The average molecular weight is 346 g/mol. The molecule has 6 heteroatoms. The van der Waals surface area contributed by atoms with E-state index in [-0.39, 0.29) is 35.1 Å². The smallest absolute Gasteiger partial charge is 0.261 e. The molecule has 2 saturated heterocycles. The Balaban J connectivity index is 1.48. The number of aromatic hydroxyl groups is 2. The van der Waals surface area contributed by atoms with Crippen LogP contribution in [0.2, 0.25) is 0 Å². The monoisotopic (exact) mass is 346 g/mol. The highest BCUT2D eigenvalue weighted by molar-refractivity contribution is 5.99. The largest absolute Gasteiger partial charge is 0.507 e. The zero-order valence-electron chi connectivity index (χ0n) is 14.3. The number of phenolic OH excluding ortho intramolecular Hbond substituents is 2. The molecule has 0 aromatic heterocycles. The van der Waals surface area contributed by atoms with Gasteiger partial charge in [0.1, 0.15) is 17.1 Å². The molecular weight excluding hydrogens is 320 g/mol. The fourth-order valence-electron chi connectivity index (χ4n) is 4.94. The third kappa shape index (κ3) is 2.98. The number of hydrogen-bond donors (Lipinski definition) is 3. The van der Waals surface area contributed by atoms with Crippen LogP contribution in [0.3, 0.4) is 0 Å². The number of aliphatic hydroxyl groups is 1. The molecule has 2 heterocycles. The molecule has 4 atom stereocenters. The number of nitrogens with zero attached hydrogens (tertiary/aromatic N) is 2. The molecule has 0 radical (unpaired) electrons. The molecule has 0 bridgehead atoms. The second kappa shape index (κ2) is 6.50. The summed E-state index contributed by atoms with van der Waals surface area (Å²) in [4.78, 5) is 16.9. The van der Waals surface area contributed by atoms with E-state index in [1.165, 1.54) is 31.0 Å². The first-order chi connectivity index (χ1) is 12.0. The molecule has 1 aliphatic carbocycles. The maximum Gasteiger partial charge on any atom is 0.261 e. The molecule has 1 amide bonds. The molecule has 1 aromatic carbocycles. The number of benzene rings is 1. The van der Waals surface area contributed by atoms with Crippen LogP contribution in [0.4, 0.5) is 0 Å². The van der Waals surface area contributed by atoms with E-state index in [1.54, 1.807) is 4.90 Å². The summed E-state index contributed by atoms with van der Waals surface area (Å²) in [5, 5.41) is 30.5. The Bertz CT molecular complexity index is 639. The Morgan fingerprint density at radius 2 is 1.60 bits per heavy atom. The third-order valence-corrected chi connectivity index (χ3v) is 6.24. The van der Waals surface area contributed by atoms with E-state index in [4.69, 9.17) is 0 Å². The summed E-state index contributed by atoms with van der Waals surface area (Å²) in [6.45, 7) is 3.34. The van der Waals surface area contributed by atoms with E-state index in [9.17, 15) is 20.1 Å². The number of phenols is 2. The van der Waals surface area contributed by atoms with Crippen LogP contribution < -0.4 is 0 Å². The van der Waals surface area contributed by atoms with Gasteiger partial charge in [-0.15, -0.1) is 0 Å². The van der Waals surface area contributed by atoms with Crippen molar-refractivity contribution in [2.45, 2.75) is 37.8 Å². The molecule has 1 saturated carbocycles. The van der Waals surface area contributed by atoms with Crippen molar-refractivity contribution in [3.8, 4) is 11.5 Å². The van der Waals surface area contributed by atoms with E-state index in [1.807, 2.05) is 0 Å². The Kier molecular flexibility index (Phi) is 4.33. The van der Waals surface area contributed by atoms with E-state index in [0.717, 1.165) is 25.9 Å². The Hall–Kier alpha value is -1.79. The summed E-state index contributed by atoms with van der Waals surface area (Å²) in [5.41, 5.74) is -0.0159. The third-order valence-electron chi connectivity index (χ3n) is 6.24. The normalized spacial score (nSPS) is 32.8. The lowest BCUT2D eigenvalue weighted by atomic mass is 9.77. The highest BCUT2D eigenvalue weighted by Crippen LogP contribution is 2.40. The van der Waals surface area contributed by atoms with Gasteiger partial charge in [0, 0.05) is 19.1 Å². The van der Waals surface area contributed by atoms with Crippen molar-refractivity contribution in [2.75, 3.05) is 26.2 Å². The van der Waals surface area contributed by atoms with E-state index in [2.05, 4.69) is 4.90 Å². The second-order valence-corrected chi connectivity index (χ2v) is 7.75. The summed E-state index contributed by atoms with van der Waals surface area (Å²) in [6.07, 6.45) is 3.72. The zero-order valence-corrected chi connectivity index (χ0v) is 14.3. The fourth-order valence-corrected chi connectivity index (χ4v) is 4.94. The summed E-state index contributed by atoms with van der Waals surface area (Å²) >= 11 is 0. The lowest BCUT2D eigenvalue weighted by molar-refractivity contribution is -0.000865. The molecule has 2 aliphatic heterocycles. The van der Waals surface area contributed by atoms with Gasteiger partial charge in [-0.1, -0.05) is 6.07 Å². The molecule has 25 heavy (non-hydrogen) atoms. The number of rotatable bonds is 2. The molecule has 3 aliphatic rings. The first-order valence-corrected chi connectivity index (χ1v) is 9.27. The van der Waals surface area contributed by atoms with Crippen LogP contribution in [0.5, 0.6) is 11.5 Å². The van der Waals surface area contributed by atoms with Crippen molar-refractivity contribution in [3.05, 3.63) is 23.8 Å². The summed E-state index contributed by atoms with van der Waals surface area (Å²) in [6, 6.07) is 4.56. The minimum Gasteiger partial charge on any atom is -0.507 e. The van der Waals surface area contributed by atoms with Crippen molar-refractivity contribution in [3.63, 3.8) is 0 Å². The predicted molar refractivity (Wildman–Crippen MR) is 92.5 cm³/mol. The van der Waals surface area contributed by atoms with Crippen LogP contribution in [0, 0.1) is 11.8 Å². The highest BCUT2D eigenvalue weighted by Gasteiger charge is 2.45. The summed E-state index contributed by atoms with van der Waals surface area (Å²) in [5.74, 6) is -0.0151. The predicted octanol–water partition coefficient (Wildman–Crippen LogP) is 1.41. The van der Waals surface area contributed by atoms with Gasteiger partial charge in [0.05, 0.1) is 6.10 Å². The molecule has 4 rings (SSSR count). The number of hydrogen-bond acceptors (Lipinski definition) is 5. The van der Waals surface area contributed by atoms with E-state index in [0.29, 0.717) is 24.9 Å². The summed E-state index contributed by atoms with van der Waals surface area (Å²) < 4.78 is 0. The van der Waals surface area contributed by atoms with Crippen LogP contribution in [0.25, 0.3) is 0 Å². The van der Waals surface area contributed by atoms with Gasteiger partial charge in [-0.05, 0) is 62.7 Å². The SMILES string of the molecule is O=C(c1c(O)cccc1O)N1C[C@H]2C[C@@H](N3CCCC3)[C@H](O)C[C@H]2C1. The maximum absolute atomic E-state index is 12.8. The van der Waals surface area contributed by atoms with Crippen LogP contribution in [-0.4, -0.2) is 69.4 Å². The van der Waals surface area contributed by atoms with Gasteiger partial charge < -0.3 is 20.2 Å². The fraction of sp³-hybridized carbons (Fsp3) is 0.632.